The molecule has 1 aromatic carbocycles. The highest BCUT2D eigenvalue weighted by molar-refractivity contribution is 5.61. The molecule has 0 aliphatic heterocycles. The predicted octanol–water partition coefficient (Wildman–Crippen LogP) is 2.78. The Morgan fingerprint density at radius 2 is 1.84 bits per heavy atom. The zero-order valence-corrected chi connectivity index (χ0v) is 12.4. The molecule has 0 fully saturated rings. The third kappa shape index (κ3) is 2.54. The van der Waals surface area contributed by atoms with Crippen molar-refractivity contribution in [3.05, 3.63) is 35.2 Å². The van der Waals surface area contributed by atoms with Crippen LogP contribution in [0.25, 0.3) is 11.4 Å². The second kappa shape index (κ2) is 4.78. The van der Waals surface area contributed by atoms with Gasteiger partial charge in [-0.25, -0.2) is 0 Å². The van der Waals surface area contributed by atoms with Crippen molar-refractivity contribution in [2.45, 2.75) is 46.7 Å². The Morgan fingerprint density at radius 1 is 1.16 bits per heavy atom. The van der Waals surface area contributed by atoms with E-state index in [-0.39, 0.29) is 5.54 Å². The highest BCUT2D eigenvalue weighted by atomic mass is 15.3. The van der Waals surface area contributed by atoms with Gasteiger partial charge >= 0.3 is 0 Å². The van der Waals surface area contributed by atoms with Crippen LogP contribution in [-0.4, -0.2) is 14.8 Å². The lowest BCUT2D eigenvalue weighted by molar-refractivity contribution is 0.386. The zero-order valence-electron chi connectivity index (χ0n) is 12.4. The third-order valence-electron chi connectivity index (χ3n) is 3.21. The van der Waals surface area contributed by atoms with E-state index < -0.39 is 0 Å². The molecule has 0 amide bonds. The highest BCUT2D eigenvalue weighted by Crippen LogP contribution is 2.28. The van der Waals surface area contributed by atoms with E-state index in [2.05, 4.69) is 67.6 Å². The summed E-state index contributed by atoms with van der Waals surface area (Å²) in [4.78, 5) is 0. The van der Waals surface area contributed by atoms with Crippen molar-refractivity contribution in [1.29, 1.82) is 0 Å². The molecule has 19 heavy (non-hydrogen) atoms. The van der Waals surface area contributed by atoms with E-state index >= 15 is 0 Å². The SMILES string of the molecule is Cc1ccc(-c2nnc(CN)n2C(C)(C)C)c(C)c1. The smallest absolute Gasteiger partial charge is 0.164 e. The molecule has 0 bridgehead atoms. The highest BCUT2D eigenvalue weighted by Gasteiger charge is 2.23. The number of hydrogen-bond donors (Lipinski definition) is 1. The van der Waals surface area contributed by atoms with Crippen LogP contribution in [0.5, 0.6) is 0 Å². The summed E-state index contributed by atoms with van der Waals surface area (Å²) in [5, 5.41) is 8.58. The summed E-state index contributed by atoms with van der Waals surface area (Å²) in [5.74, 6) is 1.72. The number of aryl methyl sites for hydroxylation is 2. The summed E-state index contributed by atoms with van der Waals surface area (Å²) in [5.41, 5.74) is 9.27. The van der Waals surface area contributed by atoms with Gasteiger partial charge in [0.05, 0.1) is 6.54 Å². The lowest BCUT2D eigenvalue weighted by Gasteiger charge is -2.25. The van der Waals surface area contributed by atoms with Gasteiger partial charge in [0.2, 0.25) is 0 Å². The summed E-state index contributed by atoms with van der Waals surface area (Å²) in [6.07, 6.45) is 0. The van der Waals surface area contributed by atoms with E-state index in [1.165, 1.54) is 11.1 Å². The minimum Gasteiger partial charge on any atom is -0.324 e. The summed E-state index contributed by atoms with van der Waals surface area (Å²) in [7, 11) is 0. The van der Waals surface area contributed by atoms with Crippen LogP contribution in [0.2, 0.25) is 0 Å². The van der Waals surface area contributed by atoms with Gasteiger partial charge in [-0.1, -0.05) is 23.8 Å². The molecule has 0 radical (unpaired) electrons. The Kier molecular flexibility index (Phi) is 3.45. The monoisotopic (exact) mass is 258 g/mol. The van der Waals surface area contributed by atoms with Crippen LogP contribution < -0.4 is 5.73 Å². The number of nitrogens with two attached hydrogens (primary N) is 1. The Balaban J connectivity index is 2.66. The molecule has 4 heteroatoms. The molecule has 0 saturated heterocycles. The Hall–Kier alpha value is -1.68. The van der Waals surface area contributed by atoms with Gasteiger partial charge in [0.1, 0.15) is 5.82 Å². The van der Waals surface area contributed by atoms with Crippen LogP contribution in [0.1, 0.15) is 37.7 Å². The van der Waals surface area contributed by atoms with E-state index in [4.69, 9.17) is 5.73 Å². The number of aromatic nitrogens is 3. The minimum atomic E-state index is -0.0924. The van der Waals surface area contributed by atoms with Gasteiger partial charge in [-0.15, -0.1) is 10.2 Å². The predicted molar refractivity (Wildman–Crippen MR) is 77.8 cm³/mol. The molecular weight excluding hydrogens is 236 g/mol. The molecule has 0 saturated carbocycles. The summed E-state index contributed by atoms with van der Waals surface area (Å²) >= 11 is 0. The Morgan fingerprint density at radius 3 is 2.37 bits per heavy atom. The van der Waals surface area contributed by atoms with Crippen LogP contribution in [0.3, 0.4) is 0 Å². The Bertz CT molecular complexity index is 591. The average molecular weight is 258 g/mol. The fourth-order valence-electron chi connectivity index (χ4n) is 2.39. The molecule has 2 rings (SSSR count). The molecule has 4 nitrogen and oxygen atoms in total. The van der Waals surface area contributed by atoms with Gasteiger partial charge in [-0.3, -0.25) is 0 Å². The van der Waals surface area contributed by atoms with Gasteiger partial charge in [0, 0.05) is 11.1 Å². The van der Waals surface area contributed by atoms with Crippen molar-refractivity contribution in [2.24, 2.45) is 5.73 Å². The lowest BCUT2D eigenvalue weighted by atomic mass is 10.0. The van der Waals surface area contributed by atoms with Crippen molar-refractivity contribution in [1.82, 2.24) is 14.8 Å². The van der Waals surface area contributed by atoms with Crippen LogP contribution >= 0.6 is 0 Å². The molecule has 0 aliphatic rings. The van der Waals surface area contributed by atoms with Crippen molar-refractivity contribution >= 4 is 0 Å². The molecule has 0 aliphatic carbocycles. The topological polar surface area (TPSA) is 56.7 Å². The normalized spacial score (nSPS) is 11.9. The van der Waals surface area contributed by atoms with Gasteiger partial charge in [-0.05, 0) is 40.2 Å². The number of benzene rings is 1. The maximum atomic E-state index is 5.78. The van der Waals surface area contributed by atoms with Crippen molar-refractivity contribution < 1.29 is 0 Å². The fraction of sp³-hybridized carbons (Fsp3) is 0.467. The lowest BCUT2D eigenvalue weighted by Crippen LogP contribution is -2.26. The molecule has 0 unspecified atom stereocenters. The van der Waals surface area contributed by atoms with Gasteiger partial charge < -0.3 is 10.3 Å². The number of rotatable bonds is 2. The first-order chi connectivity index (χ1) is 8.84. The second-order valence-corrected chi connectivity index (χ2v) is 5.97. The number of hydrogen-bond acceptors (Lipinski definition) is 3. The van der Waals surface area contributed by atoms with Crippen LogP contribution in [0, 0.1) is 13.8 Å². The van der Waals surface area contributed by atoms with Crippen molar-refractivity contribution in [3.8, 4) is 11.4 Å². The maximum absolute atomic E-state index is 5.78. The first-order valence-corrected chi connectivity index (χ1v) is 6.57. The zero-order chi connectivity index (χ0) is 14.2. The third-order valence-corrected chi connectivity index (χ3v) is 3.21. The first-order valence-electron chi connectivity index (χ1n) is 6.57. The van der Waals surface area contributed by atoms with Crippen LogP contribution in [-0.2, 0) is 12.1 Å². The van der Waals surface area contributed by atoms with E-state index in [1.807, 2.05) is 0 Å². The average Bonchev–Trinajstić information content (AvgIpc) is 2.72. The van der Waals surface area contributed by atoms with Crippen LogP contribution in [0.4, 0.5) is 0 Å². The summed E-state index contributed by atoms with van der Waals surface area (Å²) in [6.45, 7) is 11.0. The summed E-state index contributed by atoms with van der Waals surface area (Å²) in [6, 6.07) is 6.38. The second-order valence-electron chi connectivity index (χ2n) is 5.97. The fourth-order valence-corrected chi connectivity index (χ4v) is 2.39. The quantitative estimate of drug-likeness (QED) is 0.901. The van der Waals surface area contributed by atoms with Crippen molar-refractivity contribution in [3.63, 3.8) is 0 Å². The molecule has 0 spiro atoms. The van der Waals surface area contributed by atoms with Crippen molar-refractivity contribution in [2.75, 3.05) is 0 Å². The largest absolute Gasteiger partial charge is 0.324 e. The molecular formula is C15H22N4. The molecule has 0 atom stereocenters. The Labute approximate surface area is 114 Å². The first kappa shape index (κ1) is 13.7. The molecule has 2 aromatic rings. The molecule has 102 valence electrons. The molecule has 1 heterocycles. The van der Waals surface area contributed by atoms with E-state index in [9.17, 15) is 0 Å². The van der Waals surface area contributed by atoms with E-state index in [0.29, 0.717) is 6.54 Å². The van der Waals surface area contributed by atoms with Crippen LogP contribution in [0.15, 0.2) is 18.2 Å². The van der Waals surface area contributed by atoms with Gasteiger partial charge in [-0.2, -0.15) is 0 Å². The van der Waals surface area contributed by atoms with E-state index in [1.54, 1.807) is 0 Å². The molecule has 1 aromatic heterocycles. The number of nitrogens with zero attached hydrogens (tertiary/aromatic N) is 3. The van der Waals surface area contributed by atoms with Gasteiger partial charge in [0.15, 0.2) is 5.82 Å². The molecule has 2 N–H and O–H groups in total. The standard InChI is InChI=1S/C15H22N4/c1-10-6-7-12(11(2)8-10)14-18-17-13(9-16)19(14)15(3,4)5/h6-8H,9,16H2,1-5H3. The maximum Gasteiger partial charge on any atom is 0.164 e. The summed E-state index contributed by atoms with van der Waals surface area (Å²) < 4.78 is 2.13. The minimum absolute atomic E-state index is 0.0924. The van der Waals surface area contributed by atoms with E-state index in [0.717, 1.165) is 17.2 Å². The van der Waals surface area contributed by atoms with Gasteiger partial charge in [0.25, 0.3) is 0 Å².